The van der Waals surface area contributed by atoms with Gasteiger partial charge in [-0.05, 0) is 55.9 Å². The van der Waals surface area contributed by atoms with Gasteiger partial charge in [-0.1, -0.05) is 11.6 Å². The molecule has 9 nitrogen and oxygen atoms in total. The number of hydrogen-bond acceptors (Lipinski definition) is 7. The van der Waals surface area contributed by atoms with Crippen LogP contribution in [0.1, 0.15) is 25.7 Å². The molecule has 0 spiro atoms. The van der Waals surface area contributed by atoms with E-state index in [9.17, 15) is 13.2 Å². The fourth-order valence-electron chi connectivity index (χ4n) is 5.12. The maximum Gasteiger partial charge on any atom is 0.410 e. The molecule has 0 radical (unpaired) electrons. The Labute approximate surface area is 205 Å². The summed E-state index contributed by atoms with van der Waals surface area (Å²) in [7, 11) is -3.84. The fourth-order valence-corrected chi connectivity index (χ4v) is 7.15. The lowest BCUT2D eigenvalue weighted by molar-refractivity contribution is -0.0766. The van der Waals surface area contributed by atoms with Gasteiger partial charge in [-0.25, -0.2) is 13.2 Å². The number of piperazine rings is 1. The topological polar surface area (TPSA) is 99.6 Å². The molecule has 2 saturated carbocycles. The lowest BCUT2D eigenvalue weighted by Crippen LogP contribution is -2.62. The summed E-state index contributed by atoms with van der Waals surface area (Å²) < 4.78 is 41.3. The predicted molar refractivity (Wildman–Crippen MR) is 125 cm³/mol. The van der Waals surface area contributed by atoms with E-state index in [1.54, 1.807) is 21.3 Å². The molecule has 1 aromatic rings. The van der Waals surface area contributed by atoms with E-state index >= 15 is 0 Å². The van der Waals surface area contributed by atoms with Gasteiger partial charge in [0.2, 0.25) is 10.0 Å². The van der Waals surface area contributed by atoms with E-state index in [2.05, 4.69) is 4.90 Å². The van der Waals surface area contributed by atoms with Crippen LogP contribution in [0.25, 0.3) is 0 Å². The highest BCUT2D eigenvalue weighted by Gasteiger charge is 2.61. The minimum Gasteiger partial charge on any atom is -0.441 e. The summed E-state index contributed by atoms with van der Waals surface area (Å²) in [6, 6.07) is 5.40. The Hall–Kier alpha value is -1.43. The molecular formula is C23H32ClN3O6S. The fraction of sp³-hybridized carbons (Fsp3) is 0.696. The maximum absolute atomic E-state index is 13.9. The Morgan fingerprint density at radius 3 is 2.38 bits per heavy atom. The summed E-state index contributed by atoms with van der Waals surface area (Å²) in [5.41, 5.74) is -0.869. The largest absolute Gasteiger partial charge is 0.441 e. The van der Waals surface area contributed by atoms with Crippen LogP contribution in [0.3, 0.4) is 0 Å². The molecule has 34 heavy (non-hydrogen) atoms. The first-order chi connectivity index (χ1) is 16.3. The summed E-state index contributed by atoms with van der Waals surface area (Å²) in [5, 5.41) is 9.61. The highest BCUT2D eigenvalue weighted by atomic mass is 35.5. The molecule has 4 fully saturated rings. The van der Waals surface area contributed by atoms with Gasteiger partial charge in [0.25, 0.3) is 0 Å². The van der Waals surface area contributed by atoms with E-state index in [1.807, 2.05) is 0 Å². The molecule has 1 aromatic carbocycles. The average molecular weight is 514 g/mol. The van der Waals surface area contributed by atoms with Crippen LogP contribution in [0.5, 0.6) is 0 Å². The molecule has 0 bridgehead atoms. The third kappa shape index (κ3) is 4.81. The Bertz CT molecular complexity index is 990. The number of ether oxygens (including phenoxy) is 2. The number of amides is 1. The lowest BCUT2D eigenvalue weighted by Gasteiger charge is -2.44. The second-order valence-electron chi connectivity index (χ2n) is 9.73. The number of nitrogens with zero attached hydrogens (tertiary/aromatic N) is 3. The standard InChI is InChI=1S/C23H32ClN3O6S/c24-18-3-5-19(6-4-18)34(30,31)27-20(17-1-2-17)15-32-16-21(27)23(7-8-23)33-22(29)26-11-9-25(10-12-26)13-14-28/h3-6,17,20-21,28H,1-2,7-16H2/t20-,21+/m0/s1. The predicted octanol–water partition coefficient (Wildman–Crippen LogP) is 1.79. The number of aliphatic hydroxyl groups is 1. The van der Waals surface area contributed by atoms with Crippen molar-refractivity contribution in [3.05, 3.63) is 29.3 Å². The van der Waals surface area contributed by atoms with Gasteiger partial charge in [0.1, 0.15) is 5.60 Å². The van der Waals surface area contributed by atoms with E-state index in [0.29, 0.717) is 57.2 Å². The Morgan fingerprint density at radius 1 is 1.12 bits per heavy atom. The Balaban J connectivity index is 1.36. The van der Waals surface area contributed by atoms with Crippen LogP contribution in [-0.4, -0.2) is 104 Å². The van der Waals surface area contributed by atoms with Gasteiger partial charge in [-0.15, -0.1) is 0 Å². The highest BCUT2D eigenvalue weighted by Crippen LogP contribution is 2.50. The third-order valence-corrected chi connectivity index (χ3v) is 9.64. The van der Waals surface area contributed by atoms with Crippen LogP contribution in [-0.2, 0) is 19.5 Å². The molecule has 2 saturated heterocycles. The SMILES string of the molecule is O=C(OC1([C@H]2COC[C@@H](C3CC3)N2S(=O)(=O)c2ccc(Cl)cc2)CC1)N1CCN(CCO)CC1. The number of β-amino-alcohol motifs (C(OH)–C–C–N with tert-alkyl or cyclic N) is 1. The van der Waals surface area contributed by atoms with Crippen LogP contribution in [0.15, 0.2) is 29.2 Å². The molecule has 1 amide bonds. The van der Waals surface area contributed by atoms with Crippen molar-refractivity contribution in [1.82, 2.24) is 14.1 Å². The molecule has 0 aromatic heterocycles. The molecule has 1 N–H and O–H groups in total. The van der Waals surface area contributed by atoms with Crippen molar-refractivity contribution < 1.29 is 27.8 Å². The van der Waals surface area contributed by atoms with Gasteiger partial charge in [-0.2, -0.15) is 4.31 Å². The van der Waals surface area contributed by atoms with Crippen molar-refractivity contribution in [3.8, 4) is 0 Å². The first kappa shape index (κ1) is 24.3. The van der Waals surface area contributed by atoms with E-state index < -0.39 is 27.8 Å². The van der Waals surface area contributed by atoms with E-state index in [1.165, 1.54) is 12.1 Å². The molecule has 5 rings (SSSR count). The summed E-state index contributed by atoms with van der Waals surface area (Å²) in [6.07, 6.45) is 2.76. The van der Waals surface area contributed by atoms with Crippen LogP contribution < -0.4 is 0 Å². The zero-order valence-electron chi connectivity index (χ0n) is 19.1. The molecule has 188 valence electrons. The molecule has 11 heteroatoms. The Morgan fingerprint density at radius 2 is 1.79 bits per heavy atom. The van der Waals surface area contributed by atoms with Crippen molar-refractivity contribution in [2.24, 2.45) is 5.92 Å². The zero-order chi connectivity index (χ0) is 23.9. The minimum atomic E-state index is -3.84. The number of hydrogen-bond donors (Lipinski definition) is 1. The van der Waals surface area contributed by atoms with Crippen molar-refractivity contribution in [1.29, 1.82) is 0 Å². The molecule has 2 aliphatic heterocycles. The molecule has 2 atom stereocenters. The van der Waals surface area contributed by atoms with Crippen LogP contribution >= 0.6 is 11.6 Å². The molecule has 0 unspecified atom stereocenters. The monoisotopic (exact) mass is 513 g/mol. The van der Waals surface area contributed by atoms with Crippen molar-refractivity contribution >= 4 is 27.7 Å². The second kappa shape index (κ2) is 9.55. The average Bonchev–Trinajstić information content (AvgIpc) is 3.75. The van der Waals surface area contributed by atoms with Crippen LogP contribution in [0.2, 0.25) is 5.02 Å². The number of rotatable bonds is 7. The summed E-state index contributed by atoms with van der Waals surface area (Å²) in [5.74, 6) is 0.260. The number of aliphatic hydroxyl groups excluding tert-OH is 1. The van der Waals surface area contributed by atoms with E-state index in [-0.39, 0.29) is 30.1 Å². The summed E-state index contributed by atoms with van der Waals surface area (Å²) in [4.78, 5) is 17.0. The number of carbonyl (C=O) groups is 1. The van der Waals surface area contributed by atoms with Gasteiger partial charge in [0, 0.05) is 37.7 Å². The number of sulfonamides is 1. The van der Waals surface area contributed by atoms with Crippen LogP contribution in [0.4, 0.5) is 4.79 Å². The third-order valence-electron chi connectivity index (χ3n) is 7.44. The maximum atomic E-state index is 13.9. The highest BCUT2D eigenvalue weighted by molar-refractivity contribution is 7.89. The number of morpholine rings is 1. The smallest absolute Gasteiger partial charge is 0.410 e. The van der Waals surface area contributed by atoms with Crippen molar-refractivity contribution in [2.75, 3.05) is 52.5 Å². The van der Waals surface area contributed by atoms with Crippen molar-refractivity contribution in [3.63, 3.8) is 0 Å². The first-order valence-electron chi connectivity index (χ1n) is 12.0. The van der Waals surface area contributed by atoms with Gasteiger partial charge in [0.05, 0.1) is 36.8 Å². The number of benzene rings is 1. The first-order valence-corrected chi connectivity index (χ1v) is 13.8. The van der Waals surface area contributed by atoms with E-state index in [4.69, 9.17) is 26.2 Å². The lowest BCUT2D eigenvalue weighted by atomic mass is 10.0. The second-order valence-corrected chi connectivity index (χ2v) is 12.0. The van der Waals surface area contributed by atoms with Gasteiger partial charge in [-0.3, -0.25) is 4.90 Å². The summed E-state index contributed by atoms with van der Waals surface area (Å²) >= 11 is 6.00. The van der Waals surface area contributed by atoms with Crippen LogP contribution in [0, 0.1) is 5.92 Å². The van der Waals surface area contributed by atoms with Gasteiger partial charge < -0.3 is 19.5 Å². The number of carbonyl (C=O) groups excluding carboxylic acids is 1. The van der Waals surface area contributed by atoms with Gasteiger partial charge >= 0.3 is 6.09 Å². The minimum absolute atomic E-state index is 0.0926. The summed E-state index contributed by atoms with van der Waals surface area (Å²) in [6.45, 7) is 3.63. The molecule has 2 heterocycles. The molecule has 2 aliphatic carbocycles. The molecule has 4 aliphatic rings. The Kier molecular flexibility index (Phi) is 6.82. The number of halogens is 1. The van der Waals surface area contributed by atoms with E-state index in [0.717, 1.165) is 12.8 Å². The normalized spacial score (nSPS) is 28.0. The van der Waals surface area contributed by atoms with Gasteiger partial charge in [0.15, 0.2) is 0 Å². The molecular weight excluding hydrogens is 482 g/mol. The quantitative estimate of drug-likeness (QED) is 0.593. The van der Waals surface area contributed by atoms with Crippen molar-refractivity contribution in [2.45, 2.75) is 48.3 Å². The zero-order valence-corrected chi connectivity index (χ0v) is 20.7.